The van der Waals surface area contributed by atoms with Gasteiger partial charge >= 0.3 is 5.97 Å². The van der Waals surface area contributed by atoms with Gasteiger partial charge in [0.05, 0.1) is 18.3 Å². The minimum atomic E-state index is -0.787. The fourth-order valence-corrected chi connectivity index (χ4v) is 3.41. The van der Waals surface area contributed by atoms with Crippen LogP contribution in [0.2, 0.25) is 0 Å². The van der Waals surface area contributed by atoms with E-state index in [4.69, 9.17) is 5.11 Å². The highest BCUT2D eigenvalue weighted by atomic mass is 16.4. The second kappa shape index (κ2) is 12.2. The van der Waals surface area contributed by atoms with Crippen LogP contribution in [0.5, 0.6) is 0 Å². The molecule has 25 heavy (non-hydrogen) atoms. The zero-order valence-corrected chi connectivity index (χ0v) is 15.3. The SMILES string of the molecule is CCCCC[C@H](O)/C=C/[C@H]1[C@@H](C/C=C/CCCC(=O)O)[C@@H](O)C[C@H]1O. The molecule has 5 nitrogen and oxygen atoms in total. The molecule has 0 radical (unpaired) electrons. The molecular formula is C20H34O5. The predicted octanol–water partition coefficient (Wildman–Crippen LogP) is 3.04. The highest BCUT2D eigenvalue weighted by molar-refractivity contribution is 5.66. The molecule has 0 aliphatic heterocycles. The van der Waals surface area contributed by atoms with Crippen LogP contribution in [0.15, 0.2) is 24.3 Å². The zero-order chi connectivity index (χ0) is 18.7. The molecule has 1 aliphatic carbocycles. The Morgan fingerprint density at radius 1 is 1.16 bits per heavy atom. The standard InChI is InChI=1S/C20H34O5/c1-2-3-6-9-15(21)12-13-17-16(18(22)14-19(17)23)10-7-4-5-8-11-20(24)25/h4,7,12-13,15-19,21-23H,2-3,5-6,8-11,14H2,1H3,(H,24,25)/b7-4+,13-12+/t15-,16+,17-,18-,19+/m0/s1. The lowest BCUT2D eigenvalue weighted by atomic mass is 9.89. The third-order valence-corrected chi connectivity index (χ3v) is 4.91. The molecule has 0 spiro atoms. The molecule has 0 saturated heterocycles. The van der Waals surface area contributed by atoms with Crippen LogP contribution >= 0.6 is 0 Å². The van der Waals surface area contributed by atoms with Crippen LogP contribution in [0, 0.1) is 11.8 Å². The summed E-state index contributed by atoms with van der Waals surface area (Å²) in [5, 5.41) is 39.0. The zero-order valence-electron chi connectivity index (χ0n) is 15.3. The number of aliphatic hydroxyl groups excluding tert-OH is 3. The lowest BCUT2D eigenvalue weighted by Crippen LogP contribution is -2.20. The molecule has 0 heterocycles. The van der Waals surface area contributed by atoms with Gasteiger partial charge < -0.3 is 20.4 Å². The Kier molecular flexibility index (Phi) is 10.7. The third kappa shape index (κ3) is 8.66. The van der Waals surface area contributed by atoms with Crippen LogP contribution in [0.25, 0.3) is 0 Å². The number of carboxylic acid groups (broad SMARTS) is 1. The molecule has 0 aromatic rings. The average Bonchev–Trinajstić information content (AvgIpc) is 2.82. The number of carboxylic acids is 1. The molecule has 1 aliphatic rings. The summed E-state index contributed by atoms with van der Waals surface area (Å²) in [7, 11) is 0. The van der Waals surface area contributed by atoms with Gasteiger partial charge in [-0.3, -0.25) is 4.79 Å². The van der Waals surface area contributed by atoms with Gasteiger partial charge in [0.1, 0.15) is 0 Å². The normalized spacial score (nSPS) is 28.2. The summed E-state index contributed by atoms with van der Waals surface area (Å²) in [6, 6.07) is 0. The molecule has 5 atom stereocenters. The van der Waals surface area contributed by atoms with E-state index >= 15 is 0 Å². The number of unbranched alkanes of at least 4 members (excludes halogenated alkanes) is 3. The second-order valence-electron chi connectivity index (χ2n) is 7.05. The molecule has 5 heteroatoms. The highest BCUT2D eigenvalue weighted by Gasteiger charge is 2.39. The van der Waals surface area contributed by atoms with E-state index in [0.717, 1.165) is 25.7 Å². The number of hydrogen-bond donors (Lipinski definition) is 4. The fraction of sp³-hybridized carbons (Fsp3) is 0.750. The summed E-state index contributed by atoms with van der Waals surface area (Å²) in [6.07, 6.45) is 12.3. The van der Waals surface area contributed by atoms with E-state index in [-0.39, 0.29) is 18.3 Å². The van der Waals surface area contributed by atoms with E-state index in [0.29, 0.717) is 25.7 Å². The molecule has 1 fully saturated rings. The van der Waals surface area contributed by atoms with Crippen molar-refractivity contribution in [2.45, 2.75) is 83.0 Å². The Labute approximate surface area is 151 Å². The summed E-state index contributed by atoms with van der Waals surface area (Å²) in [4.78, 5) is 10.5. The van der Waals surface area contributed by atoms with Gasteiger partial charge in [0.15, 0.2) is 0 Å². The Bertz CT molecular complexity index is 432. The van der Waals surface area contributed by atoms with E-state index in [2.05, 4.69) is 6.92 Å². The van der Waals surface area contributed by atoms with Crippen LogP contribution in [0.1, 0.15) is 64.7 Å². The smallest absolute Gasteiger partial charge is 0.303 e. The van der Waals surface area contributed by atoms with Crippen molar-refractivity contribution in [2.75, 3.05) is 0 Å². The highest BCUT2D eigenvalue weighted by Crippen LogP contribution is 2.36. The summed E-state index contributed by atoms with van der Waals surface area (Å²) in [5.74, 6) is -1.00. The van der Waals surface area contributed by atoms with Crippen molar-refractivity contribution in [3.8, 4) is 0 Å². The first-order chi connectivity index (χ1) is 12.0. The van der Waals surface area contributed by atoms with Gasteiger partial charge in [-0.15, -0.1) is 0 Å². The first kappa shape index (κ1) is 21.9. The minimum absolute atomic E-state index is 0.0650. The molecular weight excluding hydrogens is 320 g/mol. The van der Waals surface area contributed by atoms with Crippen molar-refractivity contribution in [3.05, 3.63) is 24.3 Å². The van der Waals surface area contributed by atoms with Gasteiger partial charge in [0, 0.05) is 18.8 Å². The molecule has 4 N–H and O–H groups in total. The summed E-state index contributed by atoms with van der Waals surface area (Å²) in [5.41, 5.74) is 0. The molecule has 1 rings (SSSR count). The summed E-state index contributed by atoms with van der Waals surface area (Å²) >= 11 is 0. The number of hydrogen-bond acceptors (Lipinski definition) is 4. The monoisotopic (exact) mass is 354 g/mol. The predicted molar refractivity (Wildman–Crippen MR) is 98.1 cm³/mol. The quantitative estimate of drug-likeness (QED) is 0.319. The van der Waals surface area contributed by atoms with Crippen LogP contribution in [0.4, 0.5) is 0 Å². The first-order valence-corrected chi connectivity index (χ1v) is 9.55. The topological polar surface area (TPSA) is 98.0 Å². The van der Waals surface area contributed by atoms with Gasteiger partial charge in [0.25, 0.3) is 0 Å². The van der Waals surface area contributed by atoms with Crippen LogP contribution in [-0.4, -0.2) is 44.7 Å². The van der Waals surface area contributed by atoms with Crippen LogP contribution < -0.4 is 0 Å². The molecule has 144 valence electrons. The number of aliphatic carboxylic acids is 1. The fourth-order valence-electron chi connectivity index (χ4n) is 3.41. The van der Waals surface area contributed by atoms with Crippen molar-refractivity contribution in [1.82, 2.24) is 0 Å². The molecule has 0 aromatic heterocycles. The number of carbonyl (C=O) groups is 1. The van der Waals surface area contributed by atoms with Crippen molar-refractivity contribution in [3.63, 3.8) is 0 Å². The molecule has 0 bridgehead atoms. The number of aliphatic hydroxyl groups is 3. The molecule has 1 saturated carbocycles. The Morgan fingerprint density at radius 2 is 1.92 bits per heavy atom. The van der Waals surface area contributed by atoms with Crippen molar-refractivity contribution in [2.24, 2.45) is 11.8 Å². The number of rotatable bonds is 12. The van der Waals surface area contributed by atoms with E-state index in [9.17, 15) is 20.1 Å². The third-order valence-electron chi connectivity index (χ3n) is 4.91. The largest absolute Gasteiger partial charge is 0.481 e. The summed E-state index contributed by atoms with van der Waals surface area (Å²) < 4.78 is 0. The van der Waals surface area contributed by atoms with Crippen molar-refractivity contribution >= 4 is 5.97 Å². The lowest BCUT2D eigenvalue weighted by Gasteiger charge is -2.19. The lowest BCUT2D eigenvalue weighted by molar-refractivity contribution is -0.137. The maximum Gasteiger partial charge on any atom is 0.303 e. The Morgan fingerprint density at radius 3 is 2.60 bits per heavy atom. The summed E-state index contributed by atoms with van der Waals surface area (Å²) in [6.45, 7) is 2.12. The number of allylic oxidation sites excluding steroid dienone is 2. The Hall–Kier alpha value is -1.17. The molecule has 0 unspecified atom stereocenters. The van der Waals surface area contributed by atoms with Gasteiger partial charge in [-0.05, 0) is 31.6 Å². The first-order valence-electron chi connectivity index (χ1n) is 9.55. The molecule has 0 amide bonds. The van der Waals surface area contributed by atoms with Gasteiger partial charge in [-0.25, -0.2) is 0 Å². The van der Waals surface area contributed by atoms with Crippen LogP contribution in [0.3, 0.4) is 0 Å². The van der Waals surface area contributed by atoms with Crippen molar-refractivity contribution < 1.29 is 25.2 Å². The van der Waals surface area contributed by atoms with E-state index in [1.54, 1.807) is 6.08 Å². The average molecular weight is 354 g/mol. The van der Waals surface area contributed by atoms with Crippen molar-refractivity contribution in [1.29, 1.82) is 0 Å². The van der Waals surface area contributed by atoms with E-state index in [1.165, 1.54) is 0 Å². The van der Waals surface area contributed by atoms with E-state index < -0.39 is 24.3 Å². The second-order valence-corrected chi connectivity index (χ2v) is 7.05. The van der Waals surface area contributed by atoms with Gasteiger partial charge in [-0.1, -0.05) is 50.5 Å². The maximum atomic E-state index is 10.5. The van der Waals surface area contributed by atoms with E-state index in [1.807, 2.05) is 18.2 Å². The molecule has 0 aromatic carbocycles. The van der Waals surface area contributed by atoms with Gasteiger partial charge in [-0.2, -0.15) is 0 Å². The maximum absolute atomic E-state index is 10.5. The van der Waals surface area contributed by atoms with Crippen LogP contribution in [-0.2, 0) is 4.79 Å². The van der Waals surface area contributed by atoms with Gasteiger partial charge in [0.2, 0.25) is 0 Å². The Balaban J connectivity index is 2.46. The minimum Gasteiger partial charge on any atom is -0.481 e.